The van der Waals surface area contributed by atoms with E-state index in [2.05, 4.69) is 0 Å². The Kier molecular flexibility index (Phi) is 7.78. The molecule has 5 nitrogen and oxygen atoms in total. The maximum atomic E-state index is 12.6. The molecule has 1 aromatic carbocycles. The van der Waals surface area contributed by atoms with Gasteiger partial charge < -0.3 is 19.5 Å². The van der Waals surface area contributed by atoms with Gasteiger partial charge >= 0.3 is 0 Å². The maximum Gasteiger partial charge on any atom is 0.227 e. The van der Waals surface area contributed by atoms with Gasteiger partial charge in [0.05, 0.1) is 35.8 Å². The zero-order chi connectivity index (χ0) is 17.5. The van der Waals surface area contributed by atoms with Crippen LogP contribution in [0.15, 0.2) is 18.2 Å². The normalized spacial score (nSPS) is 21.1. The van der Waals surface area contributed by atoms with Gasteiger partial charge in [-0.2, -0.15) is 0 Å². The number of carbonyl (C=O) groups is 1. The molecule has 1 aliphatic rings. The van der Waals surface area contributed by atoms with E-state index in [1.807, 2.05) is 0 Å². The van der Waals surface area contributed by atoms with Crippen molar-refractivity contribution in [1.29, 1.82) is 0 Å². The Morgan fingerprint density at radius 3 is 2.75 bits per heavy atom. The molecule has 0 bridgehead atoms. The summed E-state index contributed by atoms with van der Waals surface area (Å²) in [5, 5.41) is 10.4. The minimum atomic E-state index is -0.0798. The van der Waals surface area contributed by atoms with Gasteiger partial charge in [-0.1, -0.05) is 29.3 Å². The number of aliphatic hydroxyl groups is 1. The van der Waals surface area contributed by atoms with Gasteiger partial charge in [0.1, 0.15) is 0 Å². The van der Waals surface area contributed by atoms with Crippen LogP contribution in [-0.4, -0.2) is 62.0 Å². The first-order valence-electron chi connectivity index (χ1n) is 7.96. The molecule has 0 aromatic heterocycles. The van der Waals surface area contributed by atoms with Crippen molar-refractivity contribution in [1.82, 2.24) is 4.90 Å². The van der Waals surface area contributed by atoms with E-state index in [1.54, 1.807) is 30.2 Å². The van der Waals surface area contributed by atoms with Crippen LogP contribution in [-0.2, 0) is 20.7 Å². The Balaban J connectivity index is 1.96. The third kappa shape index (κ3) is 5.60. The molecular formula is C17H23Cl2NO4. The summed E-state index contributed by atoms with van der Waals surface area (Å²) in [6.07, 6.45) is 0.917. The summed E-state index contributed by atoms with van der Waals surface area (Å²) < 4.78 is 10.7. The second-order valence-corrected chi connectivity index (χ2v) is 6.81. The van der Waals surface area contributed by atoms with Crippen molar-refractivity contribution in [2.75, 3.05) is 40.0 Å². The molecule has 2 atom stereocenters. The second-order valence-electron chi connectivity index (χ2n) is 5.99. The molecule has 1 N–H and O–H groups in total. The predicted molar refractivity (Wildman–Crippen MR) is 93.6 cm³/mol. The summed E-state index contributed by atoms with van der Waals surface area (Å²) >= 11 is 11.9. The molecule has 0 unspecified atom stereocenters. The fraction of sp³-hybridized carbons (Fsp3) is 0.588. The van der Waals surface area contributed by atoms with Crippen LogP contribution in [0.5, 0.6) is 0 Å². The molecule has 1 aromatic rings. The minimum absolute atomic E-state index is 0.00752. The molecule has 134 valence electrons. The molecule has 1 aliphatic heterocycles. The molecule has 0 aliphatic carbocycles. The number of rotatable bonds is 7. The smallest absolute Gasteiger partial charge is 0.227 e. The fourth-order valence-electron chi connectivity index (χ4n) is 2.84. The number of amides is 1. The fourth-order valence-corrected chi connectivity index (χ4v) is 3.16. The molecule has 0 spiro atoms. The summed E-state index contributed by atoms with van der Waals surface area (Å²) in [5.41, 5.74) is 0.817. The Labute approximate surface area is 152 Å². The Morgan fingerprint density at radius 2 is 2.08 bits per heavy atom. The topological polar surface area (TPSA) is 59.0 Å². The van der Waals surface area contributed by atoms with Crippen LogP contribution in [0.4, 0.5) is 0 Å². The van der Waals surface area contributed by atoms with E-state index in [-0.39, 0.29) is 31.0 Å². The summed E-state index contributed by atoms with van der Waals surface area (Å²) in [5.74, 6) is 0.0240. The van der Waals surface area contributed by atoms with Crippen LogP contribution >= 0.6 is 23.2 Å². The average molecular weight is 376 g/mol. The number of hydrogen-bond donors (Lipinski definition) is 1. The number of hydrogen-bond acceptors (Lipinski definition) is 4. The van der Waals surface area contributed by atoms with Gasteiger partial charge in [0.25, 0.3) is 0 Å². The van der Waals surface area contributed by atoms with E-state index in [4.69, 9.17) is 32.7 Å². The first-order chi connectivity index (χ1) is 11.5. The van der Waals surface area contributed by atoms with E-state index in [9.17, 15) is 9.90 Å². The standard InChI is InChI=1S/C17H23Cl2NO4/c1-23-4-5-24-14-6-13(11-21)9-20(10-14)17(22)8-12-2-3-15(18)16(19)7-12/h2-3,7,13-14,21H,4-6,8-11H2,1H3/t13-,14-/m1/s1. The van der Waals surface area contributed by atoms with Gasteiger partial charge in [0.2, 0.25) is 5.91 Å². The molecule has 1 amide bonds. The lowest BCUT2D eigenvalue weighted by atomic mass is 9.96. The van der Waals surface area contributed by atoms with Gasteiger partial charge in [-0.3, -0.25) is 4.79 Å². The van der Waals surface area contributed by atoms with Crippen LogP contribution in [0.1, 0.15) is 12.0 Å². The van der Waals surface area contributed by atoms with Crippen LogP contribution in [0.2, 0.25) is 10.0 Å². The van der Waals surface area contributed by atoms with Gasteiger partial charge in [-0.25, -0.2) is 0 Å². The van der Waals surface area contributed by atoms with Gasteiger partial charge in [0, 0.05) is 32.7 Å². The summed E-state index contributed by atoms with van der Waals surface area (Å²) in [7, 11) is 1.62. The molecule has 1 fully saturated rings. The van der Waals surface area contributed by atoms with E-state index in [0.29, 0.717) is 36.3 Å². The van der Waals surface area contributed by atoms with Crippen LogP contribution < -0.4 is 0 Å². The highest BCUT2D eigenvalue weighted by Crippen LogP contribution is 2.24. The van der Waals surface area contributed by atoms with Crippen molar-refractivity contribution in [3.05, 3.63) is 33.8 Å². The highest BCUT2D eigenvalue weighted by atomic mass is 35.5. The number of methoxy groups -OCH3 is 1. The Morgan fingerprint density at radius 1 is 1.29 bits per heavy atom. The molecule has 0 radical (unpaired) electrons. The Bertz CT molecular complexity index is 555. The number of nitrogens with zero attached hydrogens (tertiary/aromatic N) is 1. The molecule has 7 heteroatoms. The Hall–Kier alpha value is -0.850. The zero-order valence-corrected chi connectivity index (χ0v) is 15.2. The largest absolute Gasteiger partial charge is 0.396 e. The number of halogens is 2. The van der Waals surface area contributed by atoms with Crippen molar-refractivity contribution >= 4 is 29.1 Å². The van der Waals surface area contributed by atoms with Crippen LogP contribution in [0.25, 0.3) is 0 Å². The average Bonchev–Trinajstić information content (AvgIpc) is 2.58. The number of likely N-dealkylation sites (tertiary alicyclic amines) is 1. The number of ether oxygens (including phenoxy) is 2. The number of benzene rings is 1. The van der Waals surface area contributed by atoms with Gasteiger partial charge in [-0.05, 0) is 24.1 Å². The maximum absolute atomic E-state index is 12.6. The molecule has 1 heterocycles. The molecule has 2 rings (SSSR count). The first-order valence-corrected chi connectivity index (χ1v) is 8.72. The lowest BCUT2D eigenvalue weighted by Crippen LogP contribution is -2.48. The second kappa shape index (κ2) is 9.59. The monoisotopic (exact) mass is 375 g/mol. The van der Waals surface area contributed by atoms with Crippen LogP contribution in [0, 0.1) is 5.92 Å². The number of aliphatic hydroxyl groups excluding tert-OH is 1. The molecule has 0 saturated carbocycles. The van der Waals surface area contributed by atoms with Crippen LogP contribution in [0.3, 0.4) is 0 Å². The first kappa shape index (κ1) is 19.5. The predicted octanol–water partition coefficient (Wildman–Crippen LogP) is 2.41. The van der Waals surface area contributed by atoms with E-state index in [1.165, 1.54) is 0 Å². The summed E-state index contributed by atoms with van der Waals surface area (Å²) in [4.78, 5) is 14.3. The number of carbonyl (C=O) groups excluding carboxylic acids is 1. The molecule has 1 saturated heterocycles. The van der Waals surface area contributed by atoms with Crippen molar-refractivity contribution < 1.29 is 19.4 Å². The molecule has 24 heavy (non-hydrogen) atoms. The highest BCUT2D eigenvalue weighted by molar-refractivity contribution is 6.42. The van der Waals surface area contributed by atoms with Gasteiger partial charge in [-0.15, -0.1) is 0 Å². The minimum Gasteiger partial charge on any atom is -0.396 e. The molecular weight excluding hydrogens is 353 g/mol. The third-order valence-electron chi connectivity index (χ3n) is 4.09. The van der Waals surface area contributed by atoms with E-state index < -0.39 is 0 Å². The number of piperidine rings is 1. The summed E-state index contributed by atoms with van der Waals surface area (Å²) in [6.45, 7) is 2.10. The van der Waals surface area contributed by atoms with Gasteiger partial charge in [0.15, 0.2) is 0 Å². The lowest BCUT2D eigenvalue weighted by Gasteiger charge is -2.37. The quantitative estimate of drug-likeness (QED) is 0.743. The SMILES string of the molecule is COCCO[C@@H]1C[C@@H](CO)CN(C(=O)Cc2ccc(Cl)c(Cl)c2)C1. The van der Waals surface area contributed by atoms with E-state index in [0.717, 1.165) is 12.0 Å². The van der Waals surface area contributed by atoms with Crippen molar-refractivity contribution in [3.8, 4) is 0 Å². The van der Waals surface area contributed by atoms with Crippen molar-refractivity contribution in [2.45, 2.75) is 18.9 Å². The van der Waals surface area contributed by atoms with Crippen molar-refractivity contribution in [2.24, 2.45) is 5.92 Å². The zero-order valence-electron chi connectivity index (χ0n) is 13.7. The van der Waals surface area contributed by atoms with E-state index >= 15 is 0 Å². The summed E-state index contributed by atoms with van der Waals surface area (Å²) in [6, 6.07) is 5.20. The third-order valence-corrected chi connectivity index (χ3v) is 4.83. The highest BCUT2D eigenvalue weighted by Gasteiger charge is 2.30. The lowest BCUT2D eigenvalue weighted by molar-refractivity contribution is -0.137. The van der Waals surface area contributed by atoms with Crippen molar-refractivity contribution in [3.63, 3.8) is 0 Å².